The van der Waals surface area contributed by atoms with Crippen LogP contribution in [0.2, 0.25) is 0 Å². The van der Waals surface area contributed by atoms with Crippen molar-refractivity contribution >= 4 is 33.9 Å². The number of thiophene rings is 1. The highest BCUT2D eigenvalue weighted by Gasteiger charge is 2.15. The topological polar surface area (TPSA) is 99.8 Å². The molecule has 8 nitrogen and oxygen atoms in total. The second kappa shape index (κ2) is 6.60. The number of rotatable bonds is 5. The van der Waals surface area contributed by atoms with Crippen LogP contribution in [0.4, 0.5) is 0 Å². The quantitative estimate of drug-likeness (QED) is 0.330. The Morgan fingerprint density at radius 1 is 1.31 bits per heavy atom. The fourth-order valence-electron chi connectivity index (χ4n) is 2.82. The van der Waals surface area contributed by atoms with Crippen LogP contribution in [0.1, 0.15) is 18.3 Å². The van der Waals surface area contributed by atoms with E-state index >= 15 is 0 Å². The summed E-state index contributed by atoms with van der Waals surface area (Å²) in [5.41, 5.74) is 7.35. The highest BCUT2D eigenvalue weighted by atomic mass is 32.1. The van der Waals surface area contributed by atoms with Crippen LogP contribution in [0.25, 0.3) is 16.7 Å². The Balaban J connectivity index is 1.76. The van der Waals surface area contributed by atoms with E-state index in [4.69, 9.17) is 10.6 Å². The zero-order valence-corrected chi connectivity index (χ0v) is 14.8. The van der Waals surface area contributed by atoms with Crippen molar-refractivity contribution in [1.82, 2.24) is 19.2 Å². The van der Waals surface area contributed by atoms with Crippen molar-refractivity contribution in [2.75, 3.05) is 0 Å². The van der Waals surface area contributed by atoms with Crippen molar-refractivity contribution in [2.45, 2.75) is 20.1 Å². The monoisotopic (exact) mass is 368 g/mol. The molecule has 0 saturated carbocycles. The van der Waals surface area contributed by atoms with Gasteiger partial charge in [-0.25, -0.2) is 0 Å². The number of nitrogens with two attached hydrogens (primary N) is 1. The van der Waals surface area contributed by atoms with E-state index < -0.39 is 0 Å². The molecule has 0 fully saturated rings. The summed E-state index contributed by atoms with van der Waals surface area (Å²) >= 11 is 1.53. The summed E-state index contributed by atoms with van der Waals surface area (Å²) in [7, 11) is 0. The minimum Gasteiger partial charge on any atom is -0.386 e. The van der Waals surface area contributed by atoms with Gasteiger partial charge in [0.25, 0.3) is 5.56 Å². The van der Waals surface area contributed by atoms with Crippen molar-refractivity contribution in [3.05, 3.63) is 62.8 Å². The SMILES string of the molecule is CCn1c(=O)c2ccccc2n2c(CO/N=C(/N)c3ccsc3)nnc12. The number of hydrogen-bond donors (Lipinski definition) is 1. The molecule has 0 saturated heterocycles. The van der Waals surface area contributed by atoms with Crippen LogP contribution < -0.4 is 11.3 Å². The molecule has 0 radical (unpaired) electrons. The zero-order valence-electron chi connectivity index (χ0n) is 14.0. The molecule has 0 aliphatic rings. The molecule has 26 heavy (non-hydrogen) atoms. The molecule has 0 bridgehead atoms. The first kappa shape index (κ1) is 16.3. The van der Waals surface area contributed by atoms with E-state index in [2.05, 4.69) is 15.4 Å². The summed E-state index contributed by atoms with van der Waals surface area (Å²) in [6.45, 7) is 2.47. The third kappa shape index (κ3) is 2.62. The Morgan fingerprint density at radius 3 is 2.92 bits per heavy atom. The highest BCUT2D eigenvalue weighted by Crippen LogP contribution is 2.15. The Kier molecular flexibility index (Phi) is 4.13. The van der Waals surface area contributed by atoms with Gasteiger partial charge in [0.05, 0.1) is 10.9 Å². The molecule has 0 aliphatic carbocycles. The van der Waals surface area contributed by atoms with Gasteiger partial charge in [-0.2, -0.15) is 11.3 Å². The molecule has 0 spiro atoms. The smallest absolute Gasteiger partial charge is 0.262 e. The number of aryl methyl sites for hydroxylation is 1. The molecular weight excluding hydrogens is 352 g/mol. The Bertz CT molecular complexity index is 1160. The predicted octanol–water partition coefficient (Wildman–Crippen LogP) is 1.96. The van der Waals surface area contributed by atoms with E-state index in [1.807, 2.05) is 46.4 Å². The number of para-hydroxylation sites is 1. The molecule has 0 unspecified atom stereocenters. The maximum absolute atomic E-state index is 12.6. The Morgan fingerprint density at radius 2 is 2.15 bits per heavy atom. The van der Waals surface area contributed by atoms with Gasteiger partial charge in [-0.15, -0.1) is 10.2 Å². The molecule has 3 aromatic heterocycles. The summed E-state index contributed by atoms with van der Waals surface area (Å²) in [5, 5.41) is 16.7. The zero-order chi connectivity index (χ0) is 18.1. The number of hydrogen-bond acceptors (Lipinski definition) is 6. The lowest BCUT2D eigenvalue weighted by Crippen LogP contribution is -2.22. The summed E-state index contributed by atoms with van der Waals surface area (Å²) in [4.78, 5) is 18.0. The van der Waals surface area contributed by atoms with E-state index in [0.29, 0.717) is 29.4 Å². The summed E-state index contributed by atoms with van der Waals surface area (Å²) in [5.74, 6) is 1.32. The molecule has 4 rings (SSSR count). The van der Waals surface area contributed by atoms with Crippen LogP contribution in [0.15, 0.2) is 51.0 Å². The van der Waals surface area contributed by atoms with Crippen LogP contribution in [0.5, 0.6) is 0 Å². The van der Waals surface area contributed by atoms with E-state index in [9.17, 15) is 4.79 Å². The fraction of sp³-hybridized carbons (Fsp3) is 0.176. The predicted molar refractivity (Wildman–Crippen MR) is 100 cm³/mol. The maximum atomic E-state index is 12.6. The number of amidine groups is 1. The van der Waals surface area contributed by atoms with Crippen molar-refractivity contribution < 1.29 is 4.84 Å². The largest absolute Gasteiger partial charge is 0.386 e. The van der Waals surface area contributed by atoms with E-state index in [0.717, 1.165) is 11.1 Å². The van der Waals surface area contributed by atoms with Gasteiger partial charge < -0.3 is 10.6 Å². The average Bonchev–Trinajstić information content (AvgIpc) is 3.33. The van der Waals surface area contributed by atoms with Gasteiger partial charge >= 0.3 is 0 Å². The minimum atomic E-state index is -0.0878. The van der Waals surface area contributed by atoms with Gasteiger partial charge in [0.15, 0.2) is 18.3 Å². The molecule has 0 atom stereocenters. The van der Waals surface area contributed by atoms with Crippen LogP contribution >= 0.6 is 11.3 Å². The molecule has 0 aliphatic heterocycles. The Labute approximate surface area is 152 Å². The number of benzene rings is 1. The van der Waals surface area contributed by atoms with Crippen molar-refractivity contribution in [3.8, 4) is 0 Å². The summed E-state index contributed by atoms with van der Waals surface area (Å²) in [6, 6.07) is 9.23. The molecule has 4 aromatic rings. The molecule has 9 heteroatoms. The third-order valence-corrected chi connectivity index (χ3v) is 4.75. The first-order valence-corrected chi connectivity index (χ1v) is 8.98. The van der Waals surface area contributed by atoms with E-state index in [1.54, 1.807) is 10.6 Å². The first-order chi connectivity index (χ1) is 12.7. The summed E-state index contributed by atoms with van der Waals surface area (Å²) in [6.07, 6.45) is 0. The second-order valence-electron chi connectivity index (χ2n) is 5.58. The van der Waals surface area contributed by atoms with Gasteiger partial charge in [-0.1, -0.05) is 17.3 Å². The van der Waals surface area contributed by atoms with Gasteiger partial charge in [0.2, 0.25) is 5.78 Å². The van der Waals surface area contributed by atoms with Crippen LogP contribution in [-0.4, -0.2) is 25.0 Å². The van der Waals surface area contributed by atoms with E-state index in [1.165, 1.54) is 11.3 Å². The molecule has 132 valence electrons. The number of aromatic nitrogens is 4. The molecule has 0 amide bonds. The molecule has 2 N–H and O–H groups in total. The van der Waals surface area contributed by atoms with Gasteiger partial charge in [0, 0.05) is 17.5 Å². The van der Waals surface area contributed by atoms with Crippen molar-refractivity contribution in [1.29, 1.82) is 0 Å². The second-order valence-corrected chi connectivity index (χ2v) is 6.36. The number of fused-ring (bicyclic) bond motifs is 3. The third-order valence-electron chi connectivity index (χ3n) is 4.06. The molecule has 3 heterocycles. The van der Waals surface area contributed by atoms with Crippen molar-refractivity contribution in [2.24, 2.45) is 10.9 Å². The van der Waals surface area contributed by atoms with Gasteiger partial charge in [-0.3, -0.25) is 13.8 Å². The van der Waals surface area contributed by atoms with Crippen molar-refractivity contribution in [3.63, 3.8) is 0 Å². The van der Waals surface area contributed by atoms with Gasteiger partial charge in [0.1, 0.15) is 0 Å². The average molecular weight is 368 g/mol. The minimum absolute atomic E-state index is 0.0813. The van der Waals surface area contributed by atoms with Crippen LogP contribution in [0.3, 0.4) is 0 Å². The number of oxime groups is 1. The normalized spacial score (nSPS) is 12.1. The van der Waals surface area contributed by atoms with Crippen LogP contribution in [0, 0.1) is 0 Å². The van der Waals surface area contributed by atoms with Crippen LogP contribution in [-0.2, 0) is 18.0 Å². The lowest BCUT2D eigenvalue weighted by molar-refractivity contribution is 0.124. The molecular formula is C17H16N6O2S. The molecule has 1 aromatic carbocycles. The maximum Gasteiger partial charge on any atom is 0.262 e. The number of nitrogens with zero attached hydrogens (tertiary/aromatic N) is 5. The lowest BCUT2D eigenvalue weighted by atomic mass is 10.2. The summed E-state index contributed by atoms with van der Waals surface area (Å²) < 4.78 is 3.40. The Hall–Kier alpha value is -3.20. The fourth-order valence-corrected chi connectivity index (χ4v) is 3.47. The lowest BCUT2D eigenvalue weighted by Gasteiger charge is -2.09. The standard InChI is InChI=1S/C17H16N6O2S/c1-2-22-16(24)12-5-3-4-6-13(12)23-14(19-20-17(22)23)9-25-21-15(18)11-7-8-26-10-11/h3-8,10H,2,9H2,1H3,(H2,18,21). The van der Waals surface area contributed by atoms with Gasteiger partial charge in [-0.05, 0) is 30.5 Å². The van der Waals surface area contributed by atoms with E-state index in [-0.39, 0.29) is 12.2 Å². The first-order valence-electron chi connectivity index (χ1n) is 8.04. The highest BCUT2D eigenvalue weighted by molar-refractivity contribution is 7.08.